The van der Waals surface area contributed by atoms with E-state index < -0.39 is 23.7 Å². The van der Waals surface area contributed by atoms with Gasteiger partial charge in [0.05, 0.1) is 23.8 Å². The quantitative estimate of drug-likeness (QED) is 0.288. The molecule has 0 aliphatic heterocycles. The number of fused-ring (bicyclic) bond motifs is 3. The molecule has 1 aromatic heterocycles. The van der Waals surface area contributed by atoms with Crippen LogP contribution in [-0.2, 0) is 9.53 Å². The number of nitrogens with two attached hydrogens (primary N) is 1. The maximum atomic E-state index is 13.6. The number of aromatic nitrogens is 1. The highest BCUT2D eigenvalue weighted by Crippen LogP contribution is 2.26. The summed E-state index contributed by atoms with van der Waals surface area (Å²) in [6.07, 6.45) is -0.113. The first-order valence-electron chi connectivity index (χ1n) is 11.1. The van der Waals surface area contributed by atoms with Crippen molar-refractivity contribution >= 4 is 44.9 Å². The molecule has 0 radical (unpaired) electrons. The minimum Gasteiger partial charge on any atom is -0.376 e. The molecule has 180 valence electrons. The van der Waals surface area contributed by atoms with Gasteiger partial charge in [-0.2, -0.15) is 0 Å². The number of ether oxygens (including phenoxy) is 1. The Balaban J connectivity index is 1.68. The number of hydrogen-bond donors (Lipinski definition) is 4. The van der Waals surface area contributed by atoms with E-state index in [4.69, 9.17) is 10.5 Å². The van der Waals surface area contributed by atoms with Crippen molar-refractivity contribution in [1.82, 2.24) is 4.98 Å². The molecule has 4 aromatic rings. The summed E-state index contributed by atoms with van der Waals surface area (Å²) in [6.45, 7) is 3.76. The second-order valence-electron chi connectivity index (χ2n) is 8.39. The monoisotopic (exact) mass is 476 g/mol. The summed E-state index contributed by atoms with van der Waals surface area (Å²) >= 11 is 0. The number of aromatic amines is 1. The van der Waals surface area contributed by atoms with Crippen LogP contribution in [0.3, 0.4) is 0 Å². The fourth-order valence-electron chi connectivity index (χ4n) is 3.82. The number of nitrogens with one attached hydrogen (secondary N) is 3. The molecule has 9 heteroatoms. The Morgan fingerprint density at radius 3 is 2.49 bits per heavy atom. The normalized spacial score (nSPS) is 12.1. The minimum atomic E-state index is -0.813. The Bertz CT molecular complexity index is 1480. The number of anilines is 2. The van der Waals surface area contributed by atoms with Crippen molar-refractivity contribution in [2.45, 2.75) is 26.0 Å². The summed E-state index contributed by atoms with van der Waals surface area (Å²) in [4.78, 5) is 40.3. The van der Waals surface area contributed by atoms with Gasteiger partial charge in [0.1, 0.15) is 11.9 Å². The summed E-state index contributed by atoms with van der Waals surface area (Å²) in [6, 6.07) is 14.8. The summed E-state index contributed by atoms with van der Waals surface area (Å²) < 4.78 is 19.3. The van der Waals surface area contributed by atoms with Gasteiger partial charge < -0.3 is 26.1 Å². The second-order valence-corrected chi connectivity index (χ2v) is 8.39. The van der Waals surface area contributed by atoms with Crippen molar-refractivity contribution in [3.8, 4) is 0 Å². The van der Waals surface area contributed by atoms with Crippen LogP contribution in [0, 0.1) is 5.82 Å². The molecule has 0 aliphatic carbocycles. The highest BCUT2D eigenvalue weighted by Gasteiger charge is 2.20. The van der Waals surface area contributed by atoms with Gasteiger partial charge in [0.25, 0.3) is 11.5 Å². The Morgan fingerprint density at radius 2 is 1.77 bits per heavy atom. The van der Waals surface area contributed by atoms with Crippen molar-refractivity contribution in [3.05, 3.63) is 82.4 Å². The molecule has 1 heterocycles. The first-order chi connectivity index (χ1) is 16.7. The number of primary amides is 1. The van der Waals surface area contributed by atoms with Gasteiger partial charge in [0.2, 0.25) is 5.91 Å². The number of carbonyl (C=O) groups is 2. The molecular formula is C26H25FN4O4. The molecule has 0 aliphatic rings. The van der Waals surface area contributed by atoms with E-state index in [0.29, 0.717) is 33.1 Å². The highest BCUT2D eigenvalue weighted by molar-refractivity contribution is 6.13. The first kappa shape index (κ1) is 23.9. The third kappa shape index (κ3) is 5.30. The molecule has 0 spiro atoms. The van der Waals surface area contributed by atoms with E-state index >= 15 is 0 Å². The average molecular weight is 477 g/mol. The lowest BCUT2D eigenvalue weighted by Crippen LogP contribution is -2.39. The second kappa shape index (κ2) is 9.94. The highest BCUT2D eigenvalue weighted by atomic mass is 19.1. The molecular weight excluding hydrogens is 451 g/mol. The van der Waals surface area contributed by atoms with Crippen molar-refractivity contribution < 1.29 is 18.7 Å². The van der Waals surface area contributed by atoms with E-state index in [1.165, 1.54) is 18.2 Å². The molecule has 0 saturated carbocycles. The zero-order valence-electron chi connectivity index (χ0n) is 19.2. The molecule has 0 unspecified atom stereocenters. The van der Waals surface area contributed by atoms with Gasteiger partial charge in [-0.05, 0) is 61.7 Å². The van der Waals surface area contributed by atoms with E-state index in [9.17, 15) is 18.8 Å². The number of hydrogen-bond acceptors (Lipinski definition) is 5. The molecule has 0 bridgehead atoms. The summed E-state index contributed by atoms with van der Waals surface area (Å²) in [7, 11) is 0. The Labute approximate surface area is 200 Å². The topological polar surface area (TPSA) is 126 Å². The Morgan fingerprint density at radius 1 is 1.00 bits per heavy atom. The van der Waals surface area contributed by atoms with E-state index in [1.807, 2.05) is 13.8 Å². The molecule has 1 atom stereocenters. The van der Waals surface area contributed by atoms with Gasteiger partial charge in [-0.3, -0.25) is 14.4 Å². The minimum absolute atomic E-state index is 0.0537. The van der Waals surface area contributed by atoms with Gasteiger partial charge in [0, 0.05) is 22.1 Å². The lowest BCUT2D eigenvalue weighted by atomic mass is 10.0. The molecule has 5 N–H and O–H groups in total. The zero-order chi connectivity index (χ0) is 25.1. The van der Waals surface area contributed by atoms with E-state index in [-0.39, 0.29) is 23.8 Å². The number of rotatable bonds is 8. The number of benzene rings is 3. The molecule has 0 fully saturated rings. The fraction of sp³-hybridized carbons (Fsp3) is 0.192. The average Bonchev–Trinajstić information content (AvgIpc) is 2.81. The smallest absolute Gasteiger partial charge is 0.256 e. The van der Waals surface area contributed by atoms with E-state index in [0.717, 1.165) is 0 Å². The lowest BCUT2D eigenvalue weighted by Gasteiger charge is -2.21. The number of carbonyl (C=O) groups excluding carboxylic acids is 2. The fourth-order valence-corrected chi connectivity index (χ4v) is 3.82. The molecule has 0 saturated heterocycles. The SMILES string of the molecule is CC(C)OC[C@H](Nc1cccc(F)c1)C(=O)Nc1ccc2c(=O)[nH]c3c(C(N)=O)cccc3c2c1. The first-order valence-corrected chi connectivity index (χ1v) is 11.1. The maximum Gasteiger partial charge on any atom is 0.256 e. The molecule has 8 nitrogen and oxygen atoms in total. The molecule has 4 rings (SSSR count). The van der Waals surface area contributed by atoms with Crippen LogP contribution < -0.4 is 21.9 Å². The van der Waals surface area contributed by atoms with Gasteiger partial charge in [0.15, 0.2) is 0 Å². The van der Waals surface area contributed by atoms with Crippen LogP contribution >= 0.6 is 0 Å². The van der Waals surface area contributed by atoms with Gasteiger partial charge in [-0.1, -0.05) is 18.2 Å². The van der Waals surface area contributed by atoms with Crippen LogP contribution in [0.5, 0.6) is 0 Å². The van der Waals surface area contributed by atoms with Crippen molar-refractivity contribution in [2.75, 3.05) is 17.2 Å². The van der Waals surface area contributed by atoms with Gasteiger partial charge in [-0.15, -0.1) is 0 Å². The largest absolute Gasteiger partial charge is 0.376 e. The van der Waals surface area contributed by atoms with Gasteiger partial charge in [-0.25, -0.2) is 4.39 Å². The predicted octanol–water partition coefficient (Wildman–Crippen LogP) is 3.76. The summed E-state index contributed by atoms with van der Waals surface area (Å²) in [5, 5.41) is 7.41. The maximum absolute atomic E-state index is 13.6. The van der Waals surface area contributed by atoms with Crippen molar-refractivity contribution in [3.63, 3.8) is 0 Å². The van der Waals surface area contributed by atoms with Crippen molar-refractivity contribution in [2.24, 2.45) is 5.73 Å². The third-order valence-electron chi connectivity index (χ3n) is 5.47. The van der Waals surface area contributed by atoms with Crippen LogP contribution in [0.2, 0.25) is 0 Å². The van der Waals surface area contributed by atoms with Crippen LogP contribution in [-0.4, -0.2) is 35.6 Å². The molecule has 2 amide bonds. The lowest BCUT2D eigenvalue weighted by molar-refractivity contribution is -0.118. The van der Waals surface area contributed by atoms with Crippen LogP contribution in [0.25, 0.3) is 21.7 Å². The number of H-pyrrole nitrogens is 1. The van der Waals surface area contributed by atoms with Crippen molar-refractivity contribution in [1.29, 1.82) is 0 Å². The standard InChI is InChI=1S/C26H25FN4O4/c1-14(2)35-13-22(29-16-6-3-5-15(27)11-16)26(34)30-17-9-10-19-21(12-17)18-7-4-8-20(24(28)32)23(18)31-25(19)33/h3-12,14,22,29H,13H2,1-2H3,(H2,28,32)(H,30,34)(H,31,33)/t22-/m0/s1. The Kier molecular flexibility index (Phi) is 6.79. The molecule has 3 aromatic carbocycles. The van der Waals surface area contributed by atoms with Crippen LogP contribution in [0.4, 0.5) is 15.8 Å². The summed E-state index contributed by atoms with van der Waals surface area (Å²) in [5.41, 5.74) is 6.49. The number of para-hydroxylation sites is 1. The summed E-state index contributed by atoms with van der Waals surface area (Å²) in [5.74, 6) is -1.49. The zero-order valence-corrected chi connectivity index (χ0v) is 19.2. The van der Waals surface area contributed by atoms with E-state index in [1.54, 1.807) is 42.5 Å². The van der Waals surface area contributed by atoms with Crippen LogP contribution in [0.15, 0.2) is 65.5 Å². The van der Waals surface area contributed by atoms with Crippen LogP contribution in [0.1, 0.15) is 24.2 Å². The Hall–Kier alpha value is -4.24. The van der Waals surface area contributed by atoms with Gasteiger partial charge >= 0.3 is 0 Å². The third-order valence-corrected chi connectivity index (χ3v) is 5.47. The number of halogens is 1. The number of pyridine rings is 1. The molecule has 35 heavy (non-hydrogen) atoms. The number of amides is 2. The van der Waals surface area contributed by atoms with E-state index in [2.05, 4.69) is 15.6 Å². The predicted molar refractivity (Wildman–Crippen MR) is 134 cm³/mol.